The summed E-state index contributed by atoms with van der Waals surface area (Å²) in [6.45, 7) is 1.44. The predicted octanol–water partition coefficient (Wildman–Crippen LogP) is 2.84. The Hall–Kier alpha value is -2.58. The van der Waals surface area contributed by atoms with Gasteiger partial charge in [0.2, 0.25) is 0 Å². The Morgan fingerprint density at radius 2 is 1.68 bits per heavy atom. The van der Waals surface area contributed by atoms with E-state index in [0.717, 1.165) is 6.07 Å². The molecule has 0 radical (unpaired) electrons. The van der Waals surface area contributed by atoms with Crippen LogP contribution in [0.1, 0.15) is 12.5 Å². The number of quaternary nitrogens is 1. The Labute approximate surface area is 165 Å². The number of rotatable bonds is 6. The molecule has 0 aliphatic rings. The van der Waals surface area contributed by atoms with Gasteiger partial charge in [0, 0.05) is 10.7 Å². The molecule has 2 rings (SSSR count). The van der Waals surface area contributed by atoms with Crippen molar-refractivity contribution in [2.75, 3.05) is 24.2 Å². The lowest BCUT2D eigenvalue weighted by Gasteiger charge is -2.21. The molecule has 0 spiro atoms. The molecule has 0 saturated heterocycles. The van der Waals surface area contributed by atoms with E-state index in [1.165, 1.54) is 18.2 Å². The molecule has 2 aromatic rings. The predicted molar refractivity (Wildman–Crippen MR) is 101 cm³/mol. The molecule has 0 fully saturated rings. The van der Waals surface area contributed by atoms with Crippen LogP contribution >= 0.6 is 11.6 Å². The summed E-state index contributed by atoms with van der Waals surface area (Å²) < 4.78 is 39.0. The van der Waals surface area contributed by atoms with E-state index in [0.29, 0.717) is 15.6 Å². The van der Waals surface area contributed by atoms with Gasteiger partial charge < -0.3 is 15.5 Å². The number of amides is 2. The molecule has 1 unspecified atom stereocenters. The second-order valence-electron chi connectivity index (χ2n) is 6.33. The SMILES string of the molecule is C[C@@H](C(=O)Nc1ccc(Cl)cc1)[NH+](C)CC(=O)Nc1ccccc1C(F)(F)F. The first-order valence-electron chi connectivity index (χ1n) is 8.42. The van der Waals surface area contributed by atoms with Crippen LogP contribution in [-0.2, 0) is 15.8 Å². The minimum atomic E-state index is -4.58. The van der Waals surface area contributed by atoms with Crippen molar-refractivity contribution in [3.05, 3.63) is 59.1 Å². The van der Waals surface area contributed by atoms with Gasteiger partial charge in [0.1, 0.15) is 0 Å². The second kappa shape index (κ2) is 9.07. The molecule has 2 atom stereocenters. The molecule has 5 nitrogen and oxygen atoms in total. The van der Waals surface area contributed by atoms with Gasteiger partial charge in [-0.15, -0.1) is 0 Å². The molecule has 150 valence electrons. The van der Waals surface area contributed by atoms with Gasteiger partial charge >= 0.3 is 6.18 Å². The van der Waals surface area contributed by atoms with Crippen LogP contribution in [0.4, 0.5) is 24.5 Å². The summed E-state index contributed by atoms with van der Waals surface area (Å²) in [5, 5.41) is 5.51. The minimum Gasteiger partial charge on any atom is -0.321 e. The maximum absolute atomic E-state index is 13.0. The number of hydrogen-bond acceptors (Lipinski definition) is 2. The van der Waals surface area contributed by atoms with Crippen LogP contribution in [0.2, 0.25) is 5.02 Å². The Morgan fingerprint density at radius 3 is 2.29 bits per heavy atom. The van der Waals surface area contributed by atoms with Crippen LogP contribution in [0, 0.1) is 0 Å². The lowest BCUT2D eigenvalue weighted by molar-refractivity contribution is -0.885. The fraction of sp³-hybridized carbons (Fsp3) is 0.263. The smallest absolute Gasteiger partial charge is 0.321 e. The number of carbonyl (C=O) groups is 2. The average Bonchev–Trinajstić information content (AvgIpc) is 2.62. The number of alkyl halides is 3. The van der Waals surface area contributed by atoms with Crippen LogP contribution in [0.15, 0.2) is 48.5 Å². The fourth-order valence-electron chi connectivity index (χ4n) is 2.45. The monoisotopic (exact) mass is 414 g/mol. The first-order valence-corrected chi connectivity index (χ1v) is 8.80. The molecule has 28 heavy (non-hydrogen) atoms. The zero-order valence-electron chi connectivity index (χ0n) is 15.2. The van der Waals surface area contributed by atoms with Gasteiger partial charge in [-0.3, -0.25) is 9.59 Å². The number of nitrogens with one attached hydrogen (secondary N) is 3. The molecule has 3 N–H and O–H groups in total. The van der Waals surface area contributed by atoms with E-state index in [-0.39, 0.29) is 18.1 Å². The molecular formula is C19H20ClF3N3O2+. The van der Waals surface area contributed by atoms with Crippen molar-refractivity contribution in [3.63, 3.8) is 0 Å². The van der Waals surface area contributed by atoms with Crippen molar-refractivity contribution in [1.29, 1.82) is 0 Å². The number of para-hydroxylation sites is 1. The van der Waals surface area contributed by atoms with Crippen molar-refractivity contribution in [2.24, 2.45) is 0 Å². The Morgan fingerprint density at radius 1 is 1.07 bits per heavy atom. The van der Waals surface area contributed by atoms with Crippen molar-refractivity contribution < 1.29 is 27.7 Å². The highest BCUT2D eigenvalue weighted by atomic mass is 35.5. The number of likely N-dealkylation sites (N-methyl/N-ethyl adjacent to an activating group) is 1. The third-order valence-electron chi connectivity index (χ3n) is 4.19. The number of halogens is 4. The quantitative estimate of drug-likeness (QED) is 0.680. The normalized spacial score (nSPS) is 13.5. The van der Waals surface area contributed by atoms with Crippen molar-refractivity contribution >= 4 is 34.8 Å². The molecular weight excluding hydrogens is 395 g/mol. The highest BCUT2D eigenvalue weighted by molar-refractivity contribution is 6.30. The van der Waals surface area contributed by atoms with Crippen molar-refractivity contribution in [1.82, 2.24) is 0 Å². The van der Waals surface area contributed by atoms with Gasteiger partial charge in [-0.2, -0.15) is 13.2 Å². The Kier molecular flexibility index (Phi) is 7.04. The lowest BCUT2D eigenvalue weighted by Crippen LogP contribution is -3.14. The molecule has 0 saturated carbocycles. The molecule has 9 heteroatoms. The maximum Gasteiger partial charge on any atom is 0.418 e. The van der Waals surface area contributed by atoms with Gasteiger partial charge in [-0.1, -0.05) is 23.7 Å². The largest absolute Gasteiger partial charge is 0.418 e. The summed E-state index contributed by atoms with van der Waals surface area (Å²) >= 11 is 5.79. The van der Waals surface area contributed by atoms with Gasteiger partial charge in [-0.05, 0) is 43.3 Å². The summed E-state index contributed by atoms with van der Waals surface area (Å²) in [6.07, 6.45) is -4.58. The molecule has 2 aromatic carbocycles. The van der Waals surface area contributed by atoms with Gasteiger partial charge in [0.25, 0.3) is 11.8 Å². The molecule has 0 aliphatic heterocycles. The Bertz CT molecular complexity index is 841. The molecule has 0 aromatic heterocycles. The van der Waals surface area contributed by atoms with Gasteiger partial charge in [0.05, 0.1) is 18.3 Å². The van der Waals surface area contributed by atoms with Crippen LogP contribution < -0.4 is 15.5 Å². The molecule has 0 bridgehead atoms. The maximum atomic E-state index is 13.0. The lowest BCUT2D eigenvalue weighted by atomic mass is 10.1. The van der Waals surface area contributed by atoms with Crippen LogP contribution in [-0.4, -0.2) is 31.4 Å². The van der Waals surface area contributed by atoms with Gasteiger partial charge in [0.15, 0.2) is 12.6 Å². The highest BCUT2D eigenvalue weighted by Crippen LogP contribution is 2.34. The van der Waals surface area contributed by atoms with Gasteiger partial charge in [-0.25, -0.2) is 0 Å². The van der Waals surface area contributed by atoms with E-state index in [1.807, 2.05) is 0 Å². The van der Waals surface area contributed by atoms with Crippen LogP contribution in [0.25, 0.3) is 0 Å². The molecule has 2 amide bonds. The molecule has 0 aliphatic carbocycles. The number of anilines is 2. The van der Waals surface area contributed by atoms with Crippen molar-refractivity contribution in [3.8, 4) is 0 Å². The third-order valence-corrected chi connectivity index (χ3v) is 4.44. The standard InChI is InChI=1S/C19H19ClF3N3O2/c1-12(18(28)24-14-9-7-13(20)8-10-14)26(2)11-17(27)25-16-6-4-3-5-15(16)19(21,22)23/h3-10,12H,11H2,1-2H3,(H,24,28)(H,25,27)/p+1/t12-/m0/s1. The van der Waals surface area contributed by atoms with E-state index >= 15 is 0 Å². The fourth-order valence-corrected chi connectivity index (χ4v) is 2.57. The second-order valence-corrected chi connectivity index (χ2v) is 6.77. The minimum absolute atomic E-state index is 0.179. The highest BCUT2D eigenvalue weighted by Gasteiger charge is 2.34. The summed E-state index contributed by atoms with van der Waals surface area (Å²) in [4.78, 5) is 25.0. The van der Waals surface area contributed by atoms with E-state index in [2.05, 4.69) is 10.6 Å². The zero-order chi connectivity index (χ0) is 20.9. The third kappa shape index (κ3) is 5.97. The number of benzene rings is 2. The summed E-state index contributed by atoms with van der Waals surface area (Å²) in [6, 6.07) is 10.7. The van der Waals surface area contributed by atoms with Crippen molar-refractivity contribution in [2.45, 2.75) is 19.1 Å². The Balaban J connectivity index is 1.96. The number of hydrogen-bond donors (Lipinski definition) is 3. The summed E-state index contributed by atoms with van der Waals surface area (Å²) in [7, 11) is 1.61. The zero-order valence-corrected chi connectivity index (χ0v) is 16.0. The van der Waals surface area contributed by atoms with E-state index in [9.17, 15) is 22.8 Å². The first kappa shape index (κ1) is 21.7. The van der Waals surface area contributed by atoms with E-state index in [1.54, 1.807) is 38.2 Å². The number of carbonyl (C=O) groups excluding carboxylic acids is 2. The summed E-state index contributed by atoms with van der Waals surface area (Å²) in [5.74, 6) is -0.955. The van der Waals surface area contributed by atoms with E-state index < -0.39 is 23.7 Å². The van der Waals surface area contributed by atoms with Crippen LogP contribution in [0.5, 0.6) is 0 Å². The van der Waals surface area contributed by atoms with Crippen LogP contribution in [0.3, 0.4) is 0 Å². The molecule has 0 heterocycles. The average molecular weight is 415 g/mol. The van der Waals surface area contributed by atoms with E-state index in [4.69, 9.17) is 11.6 Å². The first-order chi connectivity index (χ1) is 13.1. The topological polar surface area (TPSA) is 62.6 Å². The summed E-state index contributed by atoms with van der Waals surface area (Å²) in [5.41, 5.74) is -0.682.